The fourth-order valence-electron chi connectivity index (χ4n) is 2.56. The second kappa shape index (κ2) is 9.16. The monoisotopic (exact) mass is 340 g/mol. The van der Waals surface area contributed by atoms with Gasteiger partial charge in [0.1, 0.15) is 0 Å². The van der Waals surface area contributed by atoms with Crippen LogP contribution < -0.4 is 0 Å². The second-order valence-electron chi connectivity index (χ2n) is 6.22. The number of hydrogen-bond acceptors (Lipinski definition) is 3. The van der Waals surface area contributed by atoms with Gasteiger partial charge in [-0.15, -0.1) is 0 Å². The molecule has 0 bridgehead atoms. The van der Waals surface area contributed by atoms with Crippen LogP contribution in [-0.4, -0.2) is 34.5 Å². The first-order valence-corrected chi connectivity index (χ1v) is 8.36. The average Bonchev–Trinajstić information content (AvgIpc) is 2.63. The smallest absolute Gasteiger partial charge is 0.331 e. The van der Waals surface area contributed by atoms with Crippen LogP contribution in [0.3, 0.4) is 0 Å². The van der Waals surface area contributed by atoms with Gasteiger partial charge in [-0.25, -0.2) is 4.79 Å². The molecule has 0 aromatic heterocycles. The molecule has 0 amide bonds. The van der Waals surface area contributed by atoms with Crippen LogP contribution in [0.4, 0.5) is 0 Å². The minimum absolute atomic E-state index is 0.0106. The predicted octanol–water partition coefficient (Wildman–Crippen LogP) is 3.37. The number of hydrogen-bond donors (Lipinski definition) is 3. The fourth-order valence-corrected chi connectivity index (χ4v) is 2.56. The van der Waals surface area contributed by atoms with Crippen molar-refractivity contribution in [3.8, 4) is 11.1 Å². The van der Waals surface area contributed by atoms with Crippen LogP contribution in [0.25, 0.3) is 17.2 Å². The highest BCUT2D eigenvalue weighted by atomic mass is 16.4. The Bertz CT molecular complexity index is 711. The topological polar surface area (TPSA) is 77.8 Å². The van der Waals surface area contributed by atoms with Gasteiger partial charge in [0.15, 0.2) is 0 Å². The Morgan fingerprint density at radius 3 is 1.96 bits per heavy atom. The van der Waals surface area contributed by atoms with Crippen LogP contribution in [0.1, 0.15) is 24.5 Å². The number of carbonyl (C=O) groups is 1. The van der Waals surface area contributed by atoms with Crippen LogP contribution in [0, 0.1) is 5.92 Å². The van der Waals surface area contributed by atoms with Crippen molar-refractivity contribution in [2.75, 3.05) is 13.2 Å². The third-order valence-corrected chi connectivity index (χ3v) is 4.28. The quantitative estimate of drug-likeness (QED) is 0.644. The first-order chi connectivity index (χ1) is 12.0. The lowest BCUT2D eigenvalue weighted by molar-refractivity contribution is -0.132. The molecule has 2 aromatic rings. The molecule has 0 heterocycles. The number of aliphatic carboxylic acids is 1. The lowest BCUT2D eigenvalue weighted by Gasteiger charge is -2.10. The lowest BCUT2D eigenvalue weighted by atomic mass is 9.98. The van der Waals surface area contributed by atoms with E-state index >= 15 is 0 Å². The summed E-state index contributed by atoms with van der Waals surface area (Å²) in [5.41, 5.74) is 4.50. The molecule has 0 fully saturated rings. The van der Waals surface area contributed by atoms with E-state index in [0.717, 1.165) is 29.5 Å². The summed E-state index contributed by atoms with van der Waals surface area (Å²) >= 11 is 0. The van der Waals surface area contributed by atoms with Gasteiger partial charge in [-0.2, -0.15) is 0 Å². The minimum Gasteiger partial charge on any atom is -0.478 e. The number of aryl methyl sites for hydroxylation is 1. The van der Waals surface area contributed by atoms with Crippen molar-refractivity contribution in [3.05, 3.63) is 65.2 Å². The van der Waals surface area contributed by atoms with Crippen molar-refractivity contribution in [2.45, 2.75) is 19.8 Å². The summed E-state index contributed by atoms with van der Waals surface area (Å²) in [7, 11) is 0. The number of carboxylic acids is 1. The molecule has 4 heteroatoms. The summed E-state index contributed by atoms with van der Waals surface area (Å²) in [6.45, 7) is 1.60. The summed E-state index contributed by atoms with van der Waals surface area (Å²) in [6, 6.07) is 16.0. The number of benzene rings is 2. The van der Waals surface area contributed by atoms with Crippen molar-refractivity contribution < 1.29 is 20.1 Å². The zero-order chi connectivity index (χ0) is 18.2. The molecule has 0 unspecified atom stereocenters. The van der Waals surface area contributed by atoms with E-state index in [1.807, 2.05) is 24.3 Å². The molecule has 3 N–H and O–H groups in total. The van der Waals surface area contributed by atoms with Gasteiger partial charge in [-0.3, -0.25) is 0 Å². The molecule has 0 atom stereocenters. The second-order valence-corrected chi connectivity index (χ2v) is 6.22. The van der Waals surface area contributed by atoms with E-state index in [1.54, 1.807) is 13.0 Å². The molecule has 0 saturated heterocycles. The molecule has 0 saturated carbocycles. The van der Waals surface area contributed by atoms with Crippen molar-refractivity contribution >= 4 is 12.0 Å². The molecule has 132 valence electrons. The molecule has 0 radical (unpaired) electrons. The maximum atomic E-state index is 10.9. The van der Waals surface area contributed by atoms with E-state index in [2.05, 4.69) is 24.3 Å². The van der Waals surface area contributed by atoms with Crippen molar-refractivity contribution in [2.24, 2.45) is 5.92 Å². The third-order valence-electron chi connectivity index (χ3n) is 4.28. The van der Waals surface area contributed by atoms with Crippen molar-refractivity contribution in [1.82, 2.24) is 0 Å². The summed E-state index contributed by atoms with van der Waals surface area (Å²) in [5.74, 6) is -0.973. The largest absolute Gasteiger partial charge is 0.478 e. The van der Waals surface area contributed by atoms with Gasteiger partial charge < -0.3 is 15.3 Å². The Morgan fingerprint density at radius 2 is 1.48 bits per heavy atom. The predicted molar refractivity (Wildman–Crippen MR) is 99.1 cm³/mol. The zero-order valence-electron chi connectivity index (χ0n) is 14.4. The molecule has 0 spiro atoms. The van der Waals surface area contributed by atoms with E-state index in [9.17, 15) is 4.79 Å². The average molecular weight is 340 g/mol. The third kappa shape index (κ3) is 5.55. The normalized spacial score (nSPS) is 11.8. The van der Waals surface area contributed by atoms with Crippen LogP contribution in [-0.2, 0) is 11.2 Å². The van der Waals surface area contributed by atoms with Crippen LogP contribution in [0.15, 0.2) is 54.1 Å². The molecule has 25 heavy (non-hydrogen) atoms. The Balaban J connectivity index is 2.04. The Kier molecular flexibility index (Phi) is 6.92. The van der Waals surface area contributed by atoms with Gasteiger partial charge in [0, 0.05) is 24.7 Å². The van der Waals surface area contributed by atoms with Gasteiger partial charge in [0.2, 0.25) is 0 Å². The summed E-state index contributed by atoms with van der Waals surface area (Å²) in [4.78, 5) is 10.9. The van der Waals surface area contributed by atoms with Crippen molar-refractivity contribution in [3.63, 3.8) is 0 Å². The lowest BCUT2D eigenvalue weighted by Crippen LogP contribution is -2.11. The number of aliphatic hydroxyl groups is 2. The molecular weight excluding hydrogens is 316 g/mol. The number of carboxylic acid groups (broad SMARTS) is 1. The highest BCUT2D eigenvalue weighted by molar-refractivity contribution is 5.91. The SMILES string of the molecule is CC(=Cc1ccc(-c2ccc(CCC(CO)CO)cc2)cc1)C(=O)O. The zero-order valence-corrected chi connectivity index (χ0v) is 14.4. The molecule has 0 aliphatic heterocycles. The molecule has 4 nitrogen and oxygen atoms in total. The van der Waals surface area contributed by atoms with Gasteiger partial charge in [0.05, 0.1) is 0 Å². The maximum absolute atomic E-state index is 10.9. The van der Waals surface area contributed by atoms with E-state index in [0.29, 0.717) is 5.57 Å². The molecule has 0 aliphatic rings. The van der Waals surface area contributed by atoms with E-state index in [-0.39, 0.29) is 19.1 Å². The van der Waals surface area contributed by atoms with E-state index in [4.69, 9.17) is 15.3 Å². The minimum atomic E-state index is -0.913. The van der Waals surface area contributed by atoms with E-state index < -0.39 is 5.97 Å². The van der Waals surface area contributed by atoms with Crippen LogP contribution in [0.2, 0.25) is 0 Å². The summed E-state index contributed by atoms with van der Waals surface area (Å²) in [6.07, 6.45) is 3.23. The van der Waals surface area contributed by atoms with Gasteiger partial charge in [-0.1, -0.05) is 48.5 Å². The first-order valence-electron chi connectivity index (χ1n) is 8.36. The van der Waals surface area contributed by atoms with Crippen molar-refractivity contribution in [1.29, 1.82) is 0 Å². The highest BCUT2D eigenvalue weighted by Gasteiger charge is 2.06. The van der Waals surface area contributed by atoms with Gasteiger partial charge in [-0.05, 0) is 48.1 Å². The number of aliphatic hydroxyl groups excluding tert-OH is 2. The highest BCUT2D eigenvalue weighted by Crippen LogP contribution is 2.22. The van der Waals surface area contributed by atoms with Gasteiger partial charge >= 0.3 is 5.97 Å². The standard InChI is InChI=1S/C21H24O4/c1-15(21(24)25)12-17-6-10-20(11-7-17)19-8-4-16(5-9-19)2-3-18(13-22)14-23/h4-12,18,22-23H,2-3,13-14H2,1H3,(H,24,25). The first kappa shape index (κ1) is 18.9. The molecular formula is C21H24O4. The van der Waals surface area contributed by atoms with E-state index in [1.165, 1.54) is 5.56 Å². The summed E-state index contributed by atoms with van der Waals surface area (Å²) in [5, 5.41) is 27.1. The fraction of sp³-hybridized carbons (Fsp3) is 0.286. The number of rotatable bonds is 8. The molecule has 2 aromatic carbocycles. The Morgan fingerprint density at radius 1 is 0.960 bits per heavy atom. The Labute approximate surface area is 148 Å². The maximum Gasteiger partial charge on any atom is 0.331 e. The molecule has 0 aliphatic carbocycles. The Hall–Kier alpha value is -2.43. The summed E-state index contributed by atoms with van der Waals surface area (Å²) < 4.78 is 0. The molecule has 2 rings (SSSR count). The van der Waals surface area contributed by atoms with Gasteiger partial charge in [0.25, 0.3) is 0 Å². The van der Waals surface area contributed by atoms with Crippen LogP contribution >= 0.6 is 0 Å². The van der Waals surface area contributed by atoms with Crippen LogP contribution in [0.5, 0.6) is 0 Å².